The van der Waals surface area contributed by atoms with Crippen molar-refractivity contribution >= 4 is 12.3 Å². The highest BCUT2D eigenvalue weighted by atomic mass is 16.6. The van der Waals surface area contributed by atoms with E-state index in [-0.39, 0.29) is 11.5 Å². The summed E-state index contributed by atoms with van der Waals surface area (Å²) in [5, 5.41) is 45.2. The molecule has 0 unspecified atom stereocenters. The first kappa shape index (κ1) is 15.8. The van der Waals surface area contributed by atoms with E-state index in [1.54, 1.807) is 6.07 Å². The molecule has 0 aliphatic heterocycles. The molecule has 90 valence electrons. The van der Waals surface area contributed by atoms with E-state index in [1.807, 2.05) is 0 Å². The van der Waals surface area contributed by atoms with E-state index in [9.17, 15) is 0 Å². The second-order valence-corrected chi connectivity index (χ2v) is 2.09. The van der Waals surface area contributed by atoms with E-state index in [2.05, 4.69) is 0 Å². The molecule has 0 saturated carbocycles. The van der Waals surface area contributed by atoms with Crippen molar-refractivity contribution in [1.29, 1.82) is 0 Å². The van der Waals surface area contributed by atoms with E-state index >= 15 is 0 Å². The number of aromatic hydroxyl groups is 2. The predicted molar refractivity (Wildman–Crippen MR) is 51.1 cm³/mol. The monoisotopic (exact) mass is 234 g/mol. The standard InChI is InChI=1S/C6H6O2.2CH2O3/c7-5-2-1-3-6(8)4-5;2*2-1(3)4/h1-4,7-8H;2*(H2,2,3,4). The minimum Gasteiger partial charge on any atom is -0.508 e. The van der Waals surface area contributed by atoms with E-state index in [1.165, 1.54) is 18.2 Å². The predicted octanol–water partition coefficient (Wildman–Crippen LogP) is 1.54. The van der Waals surface area contributed by atoms with E-state index in [0.29, 0.717) is 0 Å². The lowest BCUT2D eigenvalue weighted by Crippen LogP contribution is -1.81. The Labute approximate surface area is 89.3 Å². The van der Waals surface area contributed by atoms with Crippen LogP contribution in [0.3, 0.4) is 0 Å². The highest BCUT2D eigenvalue weighted by molar-refractivity contribution is 5.53. The van der Waals surface area contributed by atoms with Gasteiger partial charge in [0.1, 0.15) is 11.5 Å². The molecule has 0 spiro atoms. The third-order valence-corrected chi connectivity index (χ3v) is 0.830. The maximum Gasteiger partial charge on any atom is 0.503 e. The second-order valence-electron chi connectivity index (χ2n) is 2.09. The molecule has 1 aromatic carbocycles. The van der Waals surface area contributed by atoms with Crippen LogP contribution < -0.4 is 0 Å². The molecule has 0 aliphatic rings. The Morgan fingerprint density at radius 3 is 1.19 bits per heavy atom. The Bertz CT molecular complexity index is 297. The van der Waals surface area contributed by atoms with Crippen LogP contribution in [-0.4, -0.2) is 42.9 Å². The molecule has 1 rings (SSSR count). The van der Waals surface area contributed by atoms with Crippen molar-refractivity contribution in [3.63, 3.8) is 0 Å². The number of hydrogen-bond acceptors (Lipinski definition) is 4. The molecule has 0 heterocycles. The van der Waals surface area contributed by atoms with Gasteiger partial charge in [0.2, 0.25) is 0 Å². The van der Waals surface area contributed by atoms with Crippen LogP contribution in [0.5, 0.6) is 11.5 Å². The fourth-order valence-electron chi connectivity index (χ4n) is 0.493. The van der Waals surface area contributed by atoms with Crippen LogP contribution in [0.25, 0.3) is 0 Å². The Balaban J connectivity index is 0. The van der Waals surface area contributed by atoms with Crippen molar-refractivity contribution in [3.8, 4) is 11.5 Å². The topological polar surface area (TPSA) is 156 Å². The Morgan fingerprint density at radius 2 is 1.06 bits per heavy atom. The van der Waals surface area contributed by atoms with Crippen LogP contribution in [0.4, 0.5) is 9.59 Å². The number of rotatable bonds is 0. The molecule has 0 saturated heterocycles. The summed E-state index contributed by atoms with van der Waals surface area (Å²) in [5.41, 5.74) is 0. The number of carbonyl (C=O) groups is 2. The molecule has 0 atom stereocenters. The van der Waals surface area contributed by atoms with Crippen LogP contribution in [-0.2, 0) is 0 Å². The maximum atomic E-state index is 8.65. The fraction of sp³-hybridized carbons (Fsp3) is 0. The normalized spacial score (nSPS) is 7.50. The molecule has 8 heteroatoms. The van der Waals surface area contributed by atoms with E-state index in [4.69, 9.17) is 40.2 Å². The van der Waals surface area contributed by atoms with Gasteiger partial charge in [-0.3, -0.25) is 0 Å². The molecular weight excluding hydrogens is 224 g/mol. The van der Waals surface area contributed by atoms with Crippen molar-refractivity contribution in [2.24, 2.45) is 0 Å². The zero-order valence-electron chi connectivity index (χ0n) is 7.81. The quantitative estimate of drug-likeness (QED) is 0.394. The summed E-state index contributed by atoms with van der Waals surface area (Å²) in [4.78, 5) is 17.1. The fourth-order valence-corrected chi connectivity index (χ4v) is 0.493. The SMILES string of the molecule is O=C(O)O.O=C(O)O.Oc1cccc(O)c1. The van der Waals surface area contributed by atoms with Crippen LogP contribution in [0.1, 0.15) is 0 Å². The smallest absolute Gasteiger partial charge is 0.503 e. The van der Waals surface area contributed by atoms with Gasteiger partial charge in [0.25, 0.3) is 0 Å². The lowest BCUT2D eigenvalue weighted by molar-refractivity contribution is 0.135. The highest BCUT2D eigenvalue weighted by Gasteiger charge is 1.85. The average Bonchev–Trinajstić information content (AvgIpc) is 2.00. The Hall–Kier alpha value is -2.64. The summed E-state index contributed by atoms with van der Waals surface area (Å²) < 4.78 is 0. The van der Waals surface area contributed by atoms with Crippen molar-refractivity contribution in [1.82, 2.24) is 0 Å². The summed E-state index contributed by atoms with van der Waals surface area (Å²) in [6.45, 7) is 0. The van der Waals surface area contributed by atoms with Crippen LogP contribution >= 0.6 is 0 Å². The number of carboxylic acid groups (broad SMARTS) is 4. The zero-order valence-corrected chi connectivity index (χ0v) is 7.81. The molecule has 0 bridgehead atoms. The van der Waals surface area contributed by atoms with Gasteiger partial charge in [-0.1, -0.05) is 6.07 Å². The molecule has 8 nitrogen and oxygen atoms in total. The largest absolute Gasteiger partial charge is 0.508 e. The third-order valence-electron chi connectivity index (χ3n) is 0.830. The van der Waals surface area contributed by atoms with Gasteiger partial charge in [-0.25, -0.2) is 9.59 Å². The summed E-state index contributed by atoms with van der Waals surface area (Å²) in [7, 11) is 0. The zero-order chi connectivity index (χ0) is 13.1. The molecule has 16 heavy (non-hydrogen) atoms. The summed E-state index contributed by atoms with van der Waals surface area (Å²) in [6, 6.07) is 5.85. The maximum absolute atomic E-state index is 8.65. The first-order chi connectivity index (χ1) is 7.25. The minimum atomic E-state index is -1.83. The van der Waals surface area contributed by atoms with Gasteiger partial charge in [0.15, 0.2) is 0 Å². The molecule has 0 aliphatic carbocycles. The van der Waals surface area contributed by atoms with Gasteiger partial charge in [-0.05, 0) is 12.1 Å². The van der Waals surface area contributed by atoms with Crippen LogP contribution in [0.15, 0.2) is 24.3 Å². The summed E-state index contributed by atoms with van der Waals surface area (Å²) in [5.74, 6) is 0.176. The lowest BCUT2D eigenvalue weighted by atomic mass is 10.3. The average molecular weight is 234 g/mol. The molecule has 6 N–H and O–H groups in total. The van der Waals surface area contributed by atoms with Gasteiger partial charge in [0.05, 0.1) is 0 Å². The first-order valence-corrected chi connectivity index (χ1v) is 3.57. The van der Waals surface area contributed by atoms with E-state index < -0.39 is 12.3 Å². The summed E-state index contributed by atoms with van der Waals surface area (Å²) >= 11 is 0. The van der Waals surface area contributed by atoms with Crippen molar-refractivity contribution < 1.29 is 40.2 Å². The molecule has 1 aromatic rings. The number of phenols is 2. The van der Waals surface area contributed by atoms with Gasteiger partial charge in [0, 0.05) is 6.07 Å². The van der Waals surface area contributed by atoms with Gasteiger partial charge in [-0.2, -0.15) is 0 Å². The first-order valence-electron chi connectivity index (χ1n) is 3.57. The second kappa shape index (κ2) is 8.94. The van der Waals surface area contributed by atoms with E-state index in [0.717, 1.165) is 0 Å². The minimum absolute atomic E-state index is 0.0880. The molecule has 0 amide bonds. The third kappa shape index (κ3) is 22.5. The molecule has 0 radical (unpaired) electrons. The van der Waals surface area contributed by atoms with Gasteiger partial charge in [-0.15, -0.1) is 0 Å². The molecule has 0 aromatic heterocycles. The Morgan fingerprint density at radius 1 is 0.812 bits per heavy atom. The van der Waals surface area contributed by atoms with Crippen molar-refractivity contribution in [2.45, 2.75) is 0 Å². The number of phenolic OH excluding ortho intramolecular Hbond substituents is 2. The van der Waals surface area contributed by atoms with Crippen molar-refractivity contribution in [2.75, 3.05) is 0 Å². The number of benzene rings is 1. The summed E-state index contributed by atoms with van der Waals surface area (Å²) in [6.07, 6.45) is -3.67. The van der Waals surface area contributed by atoms with Crippen LogP contribution in [0, 0.1) is 0 Å². The van der Waals surface area contributed by atoms with Crippen molar-refractivity contribution in [3.05, 3.63) is 24.3 Å². The molecular formula is C8H10O8. The van der Waals surface area contributed by atoms with Gasteiger partial charge < -0.3 is 30.6 Å². The number of hydrogen-bond donors (Lipinski definition) is 6. The Kier molecular flexibility index (Phi) is 8.83. The van der Waals surface area contributed by atoms with Crippen LogP contribution in [0.2, 0.25) is 0 Å². The van der Waals surface area contributed by atoms with Gasteiger partial charge >= 0.3 is 12.3 Å². The highest BCUT2D eigenvalue weighted by Crippen LogP contribution is 2.14. The lowest BCUT2D eigenvalue weighted by Gasteiger charge is -1.89. The molecule has 0 fully saturated rings.